The Bertz CT molecular complexity index is 245. The molecule has 1 fully saturated rings. The van der Waals surface area contributed by atoms with Crippen molar-refractivity contribution in [2.24, 2.45) is 11.7 Å². The molecule has 1 aliphatic rings. The van der Waals surface area contributed by atoms with Crippen LogP contribution in [0.3, 0.4) is 0 Å². The molecular weight excluding hydrogens is 297 g/mol. The van der Waals surface area contributed by atoms with Crippen LogP contribution in [-0.2, 0) is 4.79 Å². The van der Waals surface area contributed by atoms with Crippen LogP contribution in [0.1, 0.15) is 46.0 Å². The zero-order chi connectivity index (χ0) is 13.4. The first-order chi connectivity index (χ1) is 8.61. The molecule has 0 aromatic carbocycles. The van der Waals surface area contributed by atoms with Gasteiger partial charge >= 0.3 is 0 Å². The maximum Gasteiger partial charge on any atom is 0.237 e. The summed E-state index contributed by atoms with van der Waals surface area (Å²) in [5.41, 5.74) is 5.78. The average molecular weight is 328 g/mol. The molecule has 1 saturated heterocycles. The van der Waals surface area contributed by atoms with Gasteiger partial charge < -0.3 is 16.0 Å². The third kappa shape index (κ3) is 9.01. The van der Waals surface area contributed by atoms with Gasteiger partial charge in [0.05, 0.1) is 6.04 Å². The third-order valence-corrected chi connectivity index (χ3v) is 3.67. The minimum atomic E-state index is -0.372. The van der Waals surface area contributed by atoms with Crippen LogP contribution in [0.25, 0.3) is 0 Å². The van der Waals surface area contributed by atoms with E-state index in [1.807, 2.05) is 13.8 Å². The molecule has 0 radical (unpaired) electrons. The molecule has 1 aliphatic heterocycles. The van der Waals surface area contributed by atoms with Crippen molar-refractivity contribution in [2.45, 2.75) is 52.0 Å². The van der Waals surface area contributed by atoms with E-state index in [1.165, 1.54) is 38.8 Å². The molecule has 0 bridgehead atoms. The molecule has 1 atom stereocenters. The zero-order valence-corrected chi connectivity index (χ0v) is 14.4. The quantitative estimate of drug-likeness (QED) is 0.735. The van der Waals surface area contributed by atoms with Crippen molar-refractivity contribution in [3.63, 3.8) is 0 Å². The van der Waals surface area contributed by atoms with Crippen molar-refractivity contribution >= 4 is 30.7 Å². The van der Waals surface area contributed by atoms with Crippen LogP contribution in [0, 0.1) is 5.92 Å². The first-order valence-electron chi connectivity index (χ1n) is 7.37. The fourth-order valence-electron chi connectivity index (χ4n) is 2.29. The maximum atomic E-state index is 11.6. The maximum absolute atomic E-state index is 11.6. The Balaban J connectivity index is 0. The van der Waals surface area contributed by atoms with Gasteiger partial charge in [-0.05, 0) is 44.8 Å². The Labute approximate surface area is 136 Å². The van der Waals surface area contributed by atoms with Gasteiger partial charge in [0.1, 0.15) is 0 Å². The van der Waals surface area contributed by atoms with Crippen LogP contribution in [0.5, 0.6) is 0 Å². The molecule has 0 aromatic heterocycles. The average Bonchev–Trinajstić information content (AvgIpc) is 2.61. The summed E-state index contributed by atoms with van der Waals surface area (Å²) in [5, 5.41) is 2.93. The second kappa shape index (κ2) is 12.7. The summed E-state index contributed by atoms with van der Waals surface area (Å²) < 4.78 is 0. The molecule has 0 aliphatic carbocycles. The van der Waals surface area contributed by atoms with E-state index in [4.69, 9.17) is 5.73 Å². The van der Waals surface area contributed by atoms with Gasteiger partial charge in [0.2, 0.25) is 5.91 Å². The minimum absolute atomic E-state index is 0. The lowest BCUT2D eigenvalue weighted by atomic mass is 10.1. The smallest absolute Gasteiger partial charge is 0.237 e. The summed E-state index contributed by atoms with van der Waals surface area (Å²) in [6.45, 7) is 8.23. The number of hydrogen-bond acceptors (Lipinski definition) is 3. The predicted molar refractivity (Wildman–Crippen MR) is 89.8 cm³/mol. The highest BCUT2D eigenvalue weighted by Crippen LogP contribution is 2.09. The third-order valence-electron chi connectivity index (χ3n) is 3.67. The van der Waals surface area contributed by atoms with Gasteiger partial charge in [-0.15, -0.1) is 24.8 Å². The Kier molecular flexibility index (Phi) is 14.1. The van der Waals surface area contributed by atoms with Crippen LogP contribution >= 0.6 is 24.8 Å². The number of likely N-dealkylation sites (tertiary alicyclic amines) is 1. The van der Waals surface area contributed by atoms with Crippen molar-refractivity contribution in [1.29, 1.82) is 0 Å². The lowest BCUT2D eigenvalue weighted by molar-refractivity contribution is -0.123. The SMILES string of the molecule is CC(C)[C@H](N)C(=O)NCCCN1CCCCCC1.Cl.Cl. The van der Waals surface area contributed by atoms with Crippen LogP contribution in [0.15, 0.2) is 0 Å². The van der Waals surface area contributed by atoms with E-state index in [1.54, 1.807) is 0 Å². The molecule has 0 unspecified atom stereocenters. The molecule has 0 spiro atoms. The van der Waals surface area contributed by atoms with Crippen molar-refractivity contribution in [1.82, 2.24) is 10.2 Å². The van der Waals surface area contributed by atoms with Crippen molar-refractivity contribution < 1.29 is 4.79 Å². The molecule has 122 valence electrons. The number of nitrogens with two attached hydrogens (primary N) is 1. The molecule has 6 heteroatoms. The van der Waals surface area contributed by atoms with Crippen molar-refractivity contribution in [3.8, 4) is 0 Å². The zero-order valence-electron chi connectivity index (χ0n) is 12.8. The highest BCUT2D eigenvalue weighted by atomic mass is 35.5. The lowest BCUT2D eigenvalue weighted by Gasteiger charge is -2.20. The molecular formula is C14H31Cl2N3O. The van der Waals surface area contributed by atoms with Crippen molar-refractivity contribution in [3.05, 3.63) is 0 Å². The van der Waals surface area contributed by atoms with Crippen LogP contribution < -0.4 is 11.1 Å². The summed E-state index contributed by atoms with van der Waals surface area (Å²) in [4.78, 5) is 14.2. The van der Waals surface area contributed by atoms with Gasteiger partial charge in [0.25, 0.3) is 0 Å². The van der Waals surface area contributed by atoms with E-state index in [0.717, 1.165) is 19.5 Å². The number of nitrogens with one attached hydrogen (secondary N) is 1. The van der Waals surface area contributed by atoms with Gasteiger partial charge in [0, 0.05) is 6.54 Å². The highest BCUT2D eigenvalue weighted by molar-refractivity contribution is 5.85. The number of hydrogen-bond donors (Lipinski definition) is 2. The number of halogens is 2. The van der Waals surface area contributed by atoms with E-state index in [9.17, 15) is 4.79 Å². The summed E-state index contributed by atoms with van der Waals surface area (Å²) >= 11 is 0. The lowest BCUT2D eigenvalue weighted by Crippen LogP contribution is -2.44. The summed E-state index contributed by atoms with van der Waals surface area (Å²) in [6, 6.07) is -0.372. The number of rotatable bonds is 6. The molecule has 1 heterocycles. The molecule has 4 nitrogen and oxygen atoms in total. The van der Waals surface area contributed by atoms with Crippen LogP contribution in [0.4, 0.5) is 0 Å². The van der Waals surface area contributed by atoms with Gasteiger partial charge in [-0.3, -0.25) is 4.79 Å². The Morgan fingerprint density at radius 1 is 1.15 bits per heavy atom. The second-order valence-corrected chi connectivity index (χ2v) is 5.67. The van der Waals surface area contributed by atoms with Crippen LogP contribution in [-0.4, -0.2) is 43.0 Å². The summed E-state index contributed by atoms with van der Waals surface area (Å²) in [6.07, 6.45) is 6.42. The fourth-order valence-corrected chi connectivity index (χ4v) is 2.29. The largest absolute Gasteiger partial charge is 0.355 e. The van der Waals surface area contributed by atoms with Gasteiger partial charge in [-0.25, -0.2) is 0 Å². The van der Waals surface area contributed by atoms with E-state index in [2.05, 4.69) is 10.2 Å². The summed E-state index contributed by atoms with van der Waals surface area (Å²) in [7, 11) is 0. The highest BCUT2D eigenvalue weighted by Gasteiger charge is 2.16. The minimum Gasteiger partial charge on any atom is -0.355 e. The molecule has 3 N–H and O–H groups in total. The molecule has 1 rings (SSSR count). The fraction of sp³-hybridized carbons (Fsp3) is 0.929. The van der Waals surface area contributed by atoms with Crippen molar-refractivity contribution in [2.75, 3.05) is 26.2 Å². The number of carbonyl (C=O) groups is 1. The standard InChI is InChI=1S/C14H29N3O.2ClH/c1-12(2)13(15)14(18)16-8-7-11-17-9-5-3-4-6-10-17;;/h12-13H,3-11,15H2,1-2H3,(H,16,18);2*1H/t13-;;/m0../s1. The number of carbonyl (C=O) groups excluding carboxylic acids is 1. The van der Waals surface area contributed by atoms with E-state index >= 15 is 0 Å². The Morgan fingerprint density at radius 3 is 2.20 bits per heavy atom. The predicted octanol–water partition coefficient (Wildman–Crippen LogP) is 2.20. The Hall–Kier alpha value is -0.0300. The van der Waals surface area contributed by atoms with Gasteiger partial charge in [-0.1, -0.05) is 26.7 Å². The molecule has 1 amide bonds. The van der Waals surface area contributed by atoms with E-state index in [-0.39, 0.29) is 42.7 Å². The number of amides is 1. The van der Waals surface area contributed by atoms with E-state index < -0.39 is 0 Å². The van der Waals surface area contributed by atoms with Gasteiger partial charge in [0.15, 0.2) is 0 Å². The summed E-state index contributed by atoms with van der Waals surface area (Å²) in [5.74, 6) is 0.191. The second-order valence-electron chi connectivity index (χ2n) is 5.67. The molecule has 0 saturated carbocycles. The molecule has 0 aromatic rings. The normalized spacial score (nSPS) is 17.6. The monoisotopic (exact) mass is 327 g/mol. The number of nitrogens with zero attached hydrogens (tertiary/aromatic N) is 1. The first-order valence-corrected chi connectivity index (χ1v) is 7.37. The van der Waals surface area contributed by atoms with Crippen LogP contribution in [0.2, 0.25) is 0 Å². The molecule has 20 heavy (non-hydrogen) atoms. The van der Waals surface area contributed by atoms with E-state index in [0.29, 0.717) is 0 Å². The topological polar surface area (TPSA) is 58.4 Å². The van der Waals surface area contributed by atoms with Gasteiger partial charge in [-0.2, -0.15) is 0 Å². The first kappa shape index (κ1) is 22.3. The Morgan fingerprint density at radius 2 is 1.70 bits per heavy atom.